The molecule has 144 valence electrons. The van der Waals surface area contributed by atoms with Gasteiger partial charge in [0.25, 0.3) is 0 Å². The molecule has 26 heavy (non-hydrogen) atoms. The minimum Gasteiger partial charge on any atom is -0.450 e. The zero-order valence-corrected chi connectivity index (χ0v) is 16.5. The third kappa shape index (κ3) is 4.70. The second-order valence-electron chi connectivity index (χ2n) is 7.69. The Bertz CT molecular complexity index is 611. The second-order valence-corrected chi connectivity index (χ2v) is 7.69. The standard InChI is InChI=1S/C21H33N3O2/c1-4-26-21(25)23-12-9-20(10-13-23)24-11-5-6-19(15-24)22-18-8-7-16(2)17(3)14-18/h7-8,14,19-20,22H,4-6,9-13,15H2,1-3H3/t19-/m0/s1. The lowest BCUT2D eigenvalue weighted by Crippen LogP contribution is -2.51. The van der Waals surface area contributed by atoms with E-state index in [0.29, 0.717) is 18.7 Å². The average Bonchev–Trinajstić information content (AvgIpc) is 2.65. The van der Waals surface area contributed by atoms with Gasteiger partial charge in [0.05, 0.1) is 6.61 Å². The first-order valence-corrected chi connectivity index (χ1v) is 10.1. The van der Waals surface area contributed by atoms with E-state index in [1.165, 1.54) is 36.2 Å². The van der Waals surface area contributed by atoms with Gasteiger partial charge in [-0.3, -0.25) is 4.90 Å². The van der Waals surface area contributed by atoms with Gasteiger partial charge in [0.2, 0.25) is 0 Å². The molecule has 1 aromatic carbocycles. The van der Waals surface area contributed by atoms with Crippen LogP contribution in [0.3, 0.4) is 0 Å². The quantitative estimate of drug-likeness (QED) is 0.888. The molecule has 1 amide bonds. The highest BCUT2D eigenvalue weighted by Crippen LogP contribution is 2.24. The first-order chi connectivity index (χ1) is 12.6. The predicted octanol–water partition coefficient (Wildman–Crippen LogP) is 3.80. The van der Waals surface area contributed by atoms with Crippen molar-refractivity contribution in [2.45, 2.75) is 58.5 Å². The second kappa shape index (κ2) is 8.76. The number of nitrogens with zero attached hydrogens (tertiary/aromatic N) is 2. The van der Waals surface area contributed by atoms with E-state index in [1.807, 2.05) is 11.8 Å². The van der Waals surface area contributed by atoms with Crippen molar-refractivity contribution in [2.24, 2.45) is 0 Å². The largest absolute Gasteiger partial charge is 0.450 e. The first-order valence-electron chi connectivity index (χ1n) is 10.1. The molecule has 0 saturated carbocycles. The maximum atomic E-state index is 11.9. The van der Waals surface area contributed by atoms with E-state index >= 15 is 0 Å². The number of piperidine rings is 2. The molecule has 2 heterocycles. The molecule has 5 heteroatoms. The third-order valence-corrected chi connectivity index (χ3v) is 5.84. The Morgan fingerprint density at radius 3 is 2.62 bits per heavy atom. The summed E-state index contributed by atoms with van der Waals surface area (Å²) in [6, 6.07) is 7.74. The van der Waals surface area contributed by atoms with Gasteiger partial charge in [-0.05, 0) is 76.3 Å². The van der Waals surface area contributed by atoms with Crippen LogP contribution in [-0.2, 0) is 4.74 Å². The fourth-order valence-electron chi connectivity index (χ4n) is 4.15. The average molecular weight is 360 g/mol. The molecule has 0 aromatic heterocycles. The van der Waals surface area contributed by atoms with Crippen molar-refractivity contribution >= 4 is 11.8 Å². The highest BCUT2D eigenvalue weighted by molar-refractivity contribution is 5.67. The lowest BCUT2D eigenvalue weighted by atomic mass is 9.97. The molecule has 0 radical (unpaired) electrons. The first kappa shape index (κ1) is 19.0. The normalized spacial score (nSPS) is 22.3. The molecule has 0 bridgehead atoms. The van der Waals surface area contributed by atoms with Crippen LogP contribution in [0.5, 0.6) is 0 Å². The molecule has 3 rings (SSSR count). The summed E-state index contributed by atoms with van der Waals surface area (Å²) in [5, 5.41) is 3.74. The van der Waals surface area contributed by atoms with Gasteiger partial charge in [-0.15, -0.1) is 0 Å². The molecule has 2 saturated heterocycles. The van der Waals surface area contributed by atoms with Gasteiger partial charge < -0.3 is 15.0 Å². The van der Waals surface area contributed by atoms with Gasteiger partial charge in [0.1, 0.15) is 0 Å². The van der Waals surface area contributed by atoms with Gasteiger partial charge in [0, 0.05) is 37.4 Å². The number of hydrogen-bond donors (Lipinski definition) is 1. The van der Waals surface area contributed by atoms with Gasteiger partial charge >= 0.3 is 6.09 Å². The molecule has 1 aromatic rings. The van der Waals surface area contributed by atoms with Gasteiger partial charge in [0.15, 0.2) is 0 Å². The van der Waals surface area contributed by atoms with Crippen molar-refractivity contribution in [3.8, 4) is 0 Å². The molecule has 1 atom stereocenters. The molecule has 2 aliphatic heterocycles. The lowest BCUT2D eigenvalue weighted by molar-refractivity contribution is 0.0667. The molecule has 0 unspecified atom stereocenters. The van der Waals surface area contributed by atoms with E-state index in [1.54, 1.807) is 0 Å². The number of ether oxygens (including phenoxy) is 1. The lowest BCUT2D eigenvalue weighted by Gasteiger charge is -2.42. The van der Waals surface area contributed by atoms with Crippen LogP contribution < -0.4 is 5.32 Å². The van der Waals surface area contributed by atoms with Crippen LogP contribution in [0, 0.1) is 13.8 Å². The number of benzene rings is 1. The summed E-state index contributed by atoms with van der Waals surface area (Å²) in [4.78, 5) is 16.4. The summed E-state index contributed by atoms with van der Waals surface area (Å²) >= 11 is 0. The summed E-state index contributed by atoms with van der Waals surface area (Å²) < 4.78 is 5.13. The van der Waals surface area contributed by atoms with Crippen molar-refractivity contribution in [3.05, 3.63) is 29.3 Å². The van der Waals surface area contributed by atoms with E-state index in [4.69, 9.17) is 4.74 Å². The van der Waals surface area contributed by atoms with Crippen molar-refractivity contribution in [2.75, 3.05) is 38.1 Å². The number of rotatable bonds is 4. The van der Waals surface area contributed by atoms with Crippen molar-refractivity contribution in [1.82, 2.24) is 9.80 Å². The number of nitrogens with one attached hydrogen (secondary N) is 1. The molecule has 0 spiro atoms. The van der Waals surface area contributed by atoms with Crippen LogP contribution in [-0.4, -0.2) is 60.8 Å². The predicted molar refractivity (Wildman–Crippen MR) is 106 cm³/mol. The third-order valence-electron chi connectivity index (χ3n) is 5.84. The molecule has 1 N–H and O–H groups in total. The summed E-state index contributed by atoms with van der Waals surface area (Å²) in [6.07, 6.45) is 4.41. The van der Waals surface area contributed by atoms with E-state index in [2.05, 4.69) is 42.3 Å². The monoisotopic (exact) mass is 359 g/mol. The van der Waals surface area contributed by atoms with Gasteiger partial charge in [-0.2, -0.15) is 0 Å². The number of carbonyl (C=O) groups is 1. The summed E-state index contributed by atoms with van der Waals surface area (Å²) in [6.45, 7) is 10.5. The van der Waals surface area contributed by atoms with Crippen LogP contribution in [0.15, 0.2) is 18.2 Å². The Morgan fingerprint density at radius 1 is 1.15 bits per heavy atom. The van der Waals surface area contributed by atoms with Crippen LogP contribution in [0.2, 0.25) is 0 Å². The van der Waals surface area contributed by atoms with Crippen molar-refractivity contribution in [1.29, 1.82) is 0 Å². The topological polar surface area (TPSA) is 44.8 Å². The molecule has 0 aliphatic carbocycles. The van der Waals surface area contributed by atoms with Gasteiger partial charge in [-0.25, -0.2) is 4.79 Å². The van der Waals surface area contributed by atoms with E-state index < -0.39 is 0 Å². The number of amides is 1. The highest BCUT2D eigenvalue weighted by Gasteiger charge is 2.30. The summed E-state index contributed by atoms with van der Waals surface area (Å²) in [5.41, 5.74) is 3.92. The van der Waals surface area contributed by atoms with Crippen LogP contribution in [0.1, 0.15) is 43.7 Å². The van der Waals surface area contributed by atoms with Gasteiger partial charge in [-0.1, -0.05) is 6.07 Å². The fourth-order valence-corrected chi connectivity index (χ4v) is 4.15. The Labute approximate surface area is 157 Å². The van der Waals surface area contributed by atoms with Crippen molar-refractivity contribution < 1.29 is 9.53 Å². The zero-order valence-electron chi connectivity index (χ0n) is 16.5. The summed E-state index contributed by atoms with van der Waals surface area (Å²) in [7, 11) is 0. The van der Waals surface area contributed by atoms with E-state index in [-0.39, 0.29) is 6.09 Å². The summed E-state index contributed by atoms with van der Waals surface area (Å²) in [5.74, 6) is 0. The van der Waals surface area contributed by atoms with E-state index in [9.17, 15) is 4.79 Å². The number of anilines is 1. The Kier molecular flexibility index (Phi) is 6.41. The molecule has 2 aliphatic rings. The number of aryl methyl sites for hydroxylation is 2. The minimum atomic E-state index is -0.154. The van der Waals surface area contributed by atoms with Crippen LogP contribution >= 0.6 is 0 Å². The Hall–Kier alpha value is -1.75. The minimum absolute atomic E-state index is 0.154. The molecule has 2 fully saturated rings. The molecule has 5 nitrogen and oxygen atoms in total. The number of likely N-dealkylation sites (tertiary alicyclic amines) is 2. The Morgan fingerprint density at radius 2 is 1.92 bits per heavy atom. The molecular formula is C21H33N3O2. The molecular weight excluding hydrogens is 326 g/mol. The maximum absolute atomic E-state index is 11.9. The fraction of sp³-hybridized carbons (Fsp3) is 0.667. The van der Waals surface area contributed by atoms with Crippen molar-refractivity contribution in [3.63, 3.8) is 0 Å². The zero-order chi connectivity index (χ0) is 18.5. The SMILES string of the molecule is CCOC(=O)N1CCC(N2CCC[C@H](Nc3ccc(C)c(C)c3)C2)CC1. The number of carbonyl (C=O) groups excluding carboxylic acids is 1. The smallest absolute Gasteiger partial charge is 0.409 e. The number of hydrogen-bond acceptors (Lipinski definition) is 4. The van der Waals surface area contributed by atoms with Crippen LogP contribution in [0.25, 0.3) is 0 Å². The van der Waals surface area contributed by atoms with E-state index in [0.717, 1.165) is 32.5 Å². The Balaban J connectivity index is 1.51. The highest BCUT2D eigenvalue weighted by atomic mass is 16.6. The van der Waals surface area contributed by atoms with Crippen LogP contribution in [0.4, 0.5) is 10.5 Å². The maximum Gasteiger partial charge on any atom is 0.409 e.